The van der Waals surface area contributed by atoms with Crippen molar-refractivity contribution in [1.82, 2.24) is 0 Å². The van der Waals surface area contributed by atoms with E-state index < -0.39 is 0 Å². The highest BCUT2D eigenvalue weighted by atomic mass is 16.1. The monoisotopic (exact) mass is 268 g/mol. The summed E-state index contributed by atoms with van der Waals surface area (Å²) in [7, 11) is 0. The van der Waals surface area contributed by atoms with Crippen molar-refractivity contribution < 1.29 is 19.2 Å². The SMILES string of the molecule is CC(=O)CCCC(=O)CCCC(=O)CCCC(C)=O. The first-order chi connectivity index (χ1) is 8.91. The largest absolute Gasteiger partial charge is 0.300 e. The van der Waals surface area contributed by atoms with Crippen molar-refractivity contribution in [1.29, 1.82) is 0 Å². The van der Waals surface area contributed by atoms with Gasteiger partial charge in [-0.1, -0.05) is 0 Å². The van der Waals surface area contributed by atoms with E-state index in [1.807, 2.05) is 0 Å². The van der Waals surface area contributed by atoms with Crippen molar-refractivity contribution >= 4 is 23.1 Å². The highest BCUT2D eigenvalue weighted by molar-refractivity contribution is 5.82. The van der Waals surface area contributed by atoms with Crippen molar-refractivity contribution in [3.8, 4) is 0 Å². The molecule has 19 heavy (non-hydrogen) atoms. The van der Waals surface area contributed by atoms with Gasteiger partial charge in [0.05, 0.1) is 0 Å². The summed E-state index contributed by atoms with van der Waals surface area (Å²) in [5.41, 5.74) is 0. The molecule has 0 rings (SSSR count). The van der Waals surface area contributed by atoms with Crippen LogP contribution in [0.4, 0.5) is 0 Å². The average Bonchev–Trinajstić information content (AvgIpc) is 2.27. The van der Waals surface area contributed by atoms with Gasteiger partial charge in [-0.25, -0.2) is 0 Å². The zero-order chi connectivity index (χ0) is 14.7. The van der Waals surface area contributed by atoms with Crippen molar-refractivity contribution in [3.05, 3.63) is 0 Å². The highest BCUT2D eigenvalue weighted by Crippen LogP contribution is 2.07. The molecule has 0 unspecified atom stereocenters. The molecule has 0 saturated carbocycles. The minimum atomic E-state index is 0.105. The van der Waals surface area contributed by atoms with Gasteiger partial charge in [0.25, 0.3) is 0 Å². The first-order valence-electron chi connectivity index (χ1n) is 6.94. The number of carbonyl (C=O) groups excluding carboxylic acids is 4. The Bertz CT molecular complexity index is 299. The molecule has 0 N–H and O–H groups in total. The number of rotatable bonds is 12. The molecular formula is C15H24O4. The first-order valence-corrected chi connectivity index (χ1v) is 6.94. The lowest BCUT2D eigenvalue weighted by atomic mass is 10.0. The summed E-state index contributed by atoms with van der Waals surface area (Å²) in [6.45, 7) is 3.04. The van der Waals surface area contributed by atoms with Crippen LogP contribution in [0.1, 0.15) is 71.6 Å². The molecule has 0 aliphatic carbocycles. The standard InChI is InChI=1S/C15H24O4/c1-12(16)6-3-8-14(18)10-5-11-15(19)9-4-7-13(2)17/h3-11H2,1-2H3. The van der Waals surface area contributed by atoms with Crippen LogP contribution in [0.3, 0.4) is 0 Å². The zero-order valence-electron chi connectivity index (χ0n) is 12.0. The number of hydrogen-bond acceptors (Lipinski definition) is 4. The maximum atomic E-state index is 11.4. The molecule has 0 spiro atoms. The van der Waals surface area contributed by atoms with Gasteiger partial charge in [0.2, 0.25) is 0 Å². The fourth-order valence-corrected chi connectivity index (χ4v) is 1.80. The van der Waals surface area contributed by atoms with Crippen molar-refractivity contribution in [2.75, 3.05) is 0 Å². The smallest absolute Gasteiger partial charge is 0.132 e. The Balaban J connectivity index is 3.50. The van der Waals surface area contributed by atoms with Gasteiger partial charge in [-0.3, -0.25) is 9.59 Å². The minimum absolute atomic E-state index is 0.105. The van der Waals surface area contributed by atoms with Gasteiger partial charge in [-0.2, -0.15) is 0 Å². The summed E-state index contributed by atoms with van der Waals surface area (Å²) in [5, 5.41) is 0. The van der Waals surface area contributed by atoms with E-state index in [0.717, 1.165) is 0 Å². The number of Topliss-reactive ketones (excluding diaryl/α,β-unsaturated/α-hetero) is 4. The lowest BCUT2D eigenvalue weighted by molar-refractivity contribution is -0.120. The number of hydrogen-bond donors (Lipinski definition) is 0. The van der Waals surface area contributed by atoms with E-state index in [2.05, 4.69) is 0 Å². The molecule has 4 heteroatoms. The maximum absolute atomic E-state index is 11.4. The Morgan fingerprint density at radius 2 is 0.789 bits per heavy atom. The summed E-state index contributed by atoms with van der Waals surface area (Å²) in [6, 6.07) is 0. The normalized spacial score (nSPS) is 10.2. The Morgan fingerprint density at radius 3 is 1.05 bits per heavy atom. The fraction of sp³-hybridized carbons (Fsp3) is 0.733. The molecule has 0 aromatic rings. The van der Waals surface area contributed by atoms with Crippen LogP contribution < -0.4 is 0 Å². The van der Waals surface area contributed by atoms with E-state index in [-0.39, 0.29) is 23.1 Å². The van der Waals surface area contributed by atoms with Gasteiger partial charge in [0, 0.05) is 38.5 Å². The zero-order valence-corrected chi connectivity index (χ0v) is 12.0. The molecule has 0 bridgehead atoms. The molecule has 0 saturated heterocycles. The molecule has 108 valence electrons. The third kappa shape index (κ3) is 12.9. The predicted molar refractivity (Wildman–Crippen MR) is 72.9 cm³/mol. The van der Waals surface area contributed by atoms with Crippen LogP contribution in [-0.2, 0) is 19.2 Å². The second kappa shape index (κ2) is 10.6. The van der Waals surface area contributed by atoms with Crippen LogP contribution in [-0.4, -0.2) is 23.1 Å². The lowest BCUT2D eigenvalue weighted by Crippen LogP contribution is -2.03. The molecule has 4 nitrogen and oxygen atoms in total. The number of carbonyl (C=O) groups is 4. The Labute approximate surface area is 114 Å². The molecule has 0 aromatic carbocycles. The van der Waals surface area contributed by atoms with Gasteiger partial charge in [-0.05, 0) is 33.1 Å². The number of ketones is 4. The van der Waals surface area contributed by atoms with Crippen LogP contribution in [0, 0.1) is 0 Å². The van der Waals surface area contributed by atoms with Gasteiger partial charge < -0.3 is 9.59 Å². The van der Waals surface area contributed by atoms with E-state index in [1.165, 1.54) is 13.8 Å². The second-order valence-electron chi connectivity index (χ2n) is 5.04. The topological polar surface area (TPSA) is 68.3 Å². The average molecular weight is 268 g/mol. The highest BCUT2D eigenvalue weighted by Gasteiger charge is 2.06. The quantitative estimate of drug-likeness (QED) is 0.546. The summed E-state index contributed by atoms with van der Waals surface area (Å²) in [5.74, 6) is 0.456. The molecule has 0 radical (unpaired) electrons. The van der Waals surface area contributed by atoms with Crippen LogP contribution >= 0.6 is 0 Å². The van der Waals surface area contributed by atoms with E-state index in [1.54, 1.807) is 0 Å². The Kier molecular flexibility index (Phi) is 9.85. The summed E-state index contributed by atoms with van der Waals surface area (Å²) in [4.78, 5) is 44.3. The minimum Gasteiger partial charge on any atom is -0.300 e. The van der Waals surface area contributed by atoms with Gasteiger partial charge in [-0.15, -0.1) is 0 Å². The van der Waals surface area contributed by atoms with Crippen molar-refractivity contribution in [2.24, 2.45) is 0 Å². The first kappa shape index (κ1) is 17.7. The molecule has 0 aliphatic rings. The van der Waals surface area contributed by atoms with Gasteiger partial charge >= 0.3 is 0 Å². The molecular weight excluding hydrogens is 244 g/mol. The Morgan fingerprint density at radius 1 is 0.526 bits per heavy atom. The molecule has 0 heterocycles. The molecule has 0 amide bonds. The lowest BCUT2D eigenvalue weighted by Gasteiger charge is -2.01. The van der Waals surface area contributed by atoms with Crippen LogP contribution in [0.15, 0.2) is 0 Å². The van der Waals surface area contributed by atoms with Gasteiger partial charge in [0.15, 0.2) is 0 Å². The summed E-state index contributed by atoms with van der Waals surface area (Å²) < 4.78 is 0. The molecule has 0 fully saturated rings. The second-order valence-corrected chi connectivity index (χ2v) is 5.04. The van der Waals surface area contributed by atoms with Crippen molar-refractivity contribution in [2.45, 2.75) is 71.6 Å². The van der Waals surface area contributed by atoms with Crippen LogP contribution in [0.25, 0.3) is 0 Å². The fourth-order valence-electron chi connectivity index (χ4n) is 1.80. The third-order valence-corrected chi connectivity index (χ3v) is 2.88. The maximum Gasteiger partial charge on any atom is 0.132 e. The molecule has 0 aromatic heterocycles. The van der Waals surface area contributed by atoms with E-state index in [0.29, 0.717) is 57.8 Å². The van der Waals surface area contributed by atoms with Crippen molar-refractivity contribution in [3.63, 3.8) is 0 Å². The van der Waals surface area contributed by atoms with E-state index in [4.69, 9.17) is 0 Å². The van der Waals surface area contributed by atoms with Crippen LogP contribution in [0.2, 0.25) is 0 Å². The van der Waals surface area contributed by atoms with E-state index >= 15 is 0 Å². The van der Waals surface area contributed by atoms with Crippen LogP contribution in [0.5, 0.6) is 0 Å². The van der Waals surface area contributed by atoms with Gasteiger partial charge in [0.1, 0.15) is 23.1 Å². The molecule has 0 atom stereocenters. The predicted octanol–water partition coefficient (Wildman–Crippen LogP) is 2.81. The third-order valence-electron chi connectivity index (χ3n) is 2.88. The summed E-state index contributed by atoms with van der Waals surface area (Å²) in [6.07, 6.45) is 4.40. The van der Waals surface area contributed by atoms with E-state index in [9.17, 15) is 19.2 Å². The summed E-state index contributed by atoms with van der Waals surface area (Å²) >= 11 is 0. The molecule has 0 aliphatic heterocycles. The Hall–Kier alpha value is -1.32.